The van der Waals surface area contributed by atoms with E-state index in [0.717, 1.165) is 31.9 Å². The minimum atomic E-state index is -1.12. The Bertz CT molecular complexity index is 759. The van der Waals surface area contributed by atoms with Crippen molar-refractivity contribution in [2.24, 2.45) is 0 Å². The highest BCUT2D eigenvalue weighted by Gasteiger charge is 2.22. The fraction of sp³-hybridized carbons (Fsp3) is 0.294. The first-order valence-corrected chi connectivity index (χ1v) is 7.45. The summed E-state index contributed by atoms with van der Waals surface area (Å²) < 4.78 is 0. The molecule has 2 aromatic rings. The standard InChI is InChI=1S/C17H18N2O4/c1-18-7-9-19(10-8-18)14-6-5-13(17(22)23)15-11(14)3-2-4-12(15)16(20)21/h2-6H,7-10H2,1H3,(H,20,21)(H,22,23). The molecule has 0 aromatic heterocycles. The van der Waals surface area contributed by atoms with Crippen LogP contribution in [0.5, 0.6) is 0 Å². The molecule has 1 fully saturated rings. The van der Waals surface area contributed by atoms with Crippen molar-refractivity contribution < 1.29 is 19.8 Å². The average Bonchev–Trinajstić information content (AvgIpc) is 2.53. The second-order valence-electron chi connectivity index (χ2n) is 5.76. The van der Waals surface area contributed by atoms with E-state index in [4.69, 9.17) is 0 Å². The molecule has 120 valence electrons. The third kappa shape index (κ3) is 2.73. The predicted octanol–water partition coefficient (Wildman–Crippen LogP) is 1.99. The molecule has 0 amide bonds. The summed E-state index contributed by atoms with van der Waals surface area (Å²) in [4.78, 5) is 27.4. The summed E-state index contributed by atoms with van der Waals surface area (Å²) in [6.07, 6.45) is 0. The molecule has 3 rings (SSSR count). The maximum atomic E-state index is 11.5. The molecule has 0 spiro atoms. The third-order valence-electron chi connectivity index (χ3n) is 4.32. The zero-order valence-corrected chi connectivity index (χ0v) is 12.8. The van der Waals surface area contributed by atoms with Gasteiger partial charge in [-0.15, -0.1) is 0 Å². The number of aromatic carboxylic acids is 2. The number of benzene rings is 2. The zero-order valence-electron chi connectivity index (χ0n) is 12.8. The highest BCUT2D eigenvalue weighted by Crippen LogP contribution is 2.32. The summed E-state index contributed by atoms with van der Waals surface area (Å²) in [6, 6.07) is 8.19. The Kier molecular flexibility index (Phi) is 3.92. The van der Waals surface area contributed by atoms with Gasteiger partial charge in [-0.25, -0.2) is 9.59 Å². The van der Waals surface area contributed by atoms with Gasteiger partial charge in [0.15, 0.2) is 0 Å². The molecule has 0 aliphatic carbocycles. The van der Waals surface area contributed by atoms with Crippen molar-refractivity contribution in [3.05, 3.63) is 41.5 Å². The number of hydrogen-bond acceptors (Lipinski definition) is 4. The minimum absolute atomic E-state index is 0.0240. The number of hydrogen-bond donors (Lipinski definition) is 2. The van der Waals surface area contributed by atoms with Gasteiger partial charge in [-0.1, -0.05) is 12.1 Å². The number of carboxylic acid groups (broad SMARTS) is 2. The van der Waals surface area contributed by atoms with Gasteiger partial charge in [0.2, 0.25) is 0 Å². The molecule has 23 heavy (non-hydrogen) atoms. The van der Waals surface area contributed by atoms with Crippen molar-refractivity contribution in [2.75, 3.05) is 38.1 Å². The molecule has 0 atom stereocenters. The second-order valence-corrected chi connectivity index (χ2v) is 5.76. The molecule has 1 heterocycles. The first kappa shape index (κ1) is 15.3. The maximum Gasteiger partial charge on any atom is 0.336 e. The van der Waals surface area contributed by atoms with Gasteiger partial charge in [0.05, 0.1) is 11.1 Å². The smallest absolute Gasteiger partial charge is 0.336 e. The number of rotatable bonds is 3. The van der Waals surface area contributed by atoms with Crippen LogP contribution < -0.4 is 4.90 Å². The summed E-state index contributed by atoms with van der Waals surface area (Å²) in [5.41, 5.74) is 0.938. The minimum Gasteiger partial charge on any atom is -0.478 e. The lowest BCUT2D eigenvalue weighted by Gasteiger charge is -2.35. The van der Waals surface area contributed by atoms with Gasteiger partial charge < -0.3 is 20.0 Å². The number of likely N-dealkylation sites (N-methyl/N-ethyl adjacent to an activating group) is 1. The lowest BCUT2D eigenvalue weighted by molar-refractivity contribution is 0.0695. The summed E-state index contributed by atoms with van der Waals surface area (Å²) >= 11 is 0. The molecular weight excluding hydrogens is 296 g/mol. The zero-order chi connectivity index (χ0) is 16.6. The maximum absolute atomic E-state index is 11.5. The van der Waals surface area contributed by atoms with Crippen LogP contribution >= 0.6 is 0 Å². The molecule has 2 N–H and O–H groups in total. The number of carboxylic acids is 2. The first-order valence-electron chi connectivity index (χ1n) is 7.45. The van der Waals surface area contributed by atoms with Crippen LogP contribution in [0.15, 0.2) is 30.3 Å². The van der Waals surface area contributed by atoms with Crippen LogP contribution in [0.25, 0.3) is 10.8 Å². The van der Waals surface area contributed by atoms with Crippen LogP contribution in [0.2, 0.25) is 0 Å². The van der Waals surface area contributed by atoms with E-state index < -0.39 is 11.9 Å². The topological polar surface area (TPSA) is 81.1 Å². The Hall–Kier alpha value is -2.60. The summed E-state index contributed by atoms with van der Waals surface area (Å²) in [5.74, 6) is -2.23. The number of fused-ring (bicyclic) bond motifs is 1. The van der Waals surface area contributed by atoms with E-state index >= 15 is 0 Å². The van der Waals surface area contributed by atoms with Crippen molar-refractivity contribution in [1.82, 2.24) is 4.90 Å². The Balaban J connectivity index is 2.21. The highest BCUT2D eigenvalue weighted by atomic mass is 16.4. The molecule has 1 saturated heterocycles. The van der Waals surface area contributed by atoms with E-state index in [1.807, 2.05) is 0 Å². The molecule has 0 unspecified atom stereocenters. The van der Waals surface area contributed by atoms with E-state index in [0.29, 0.717) is 10.8 Å². The van der Waals surface area contributed by atoms with Crippen molar-refractivity contribution in [3.8, 4) is 0 Å². The van der Waals surface area contributed by atoms with Crippen molar-refractivity contribution in [2.45, 2.75) is 0 Å². The average molecular weight is 314 g/mol. The lowest BCUT2D eigenvalue weighted by atomic mass is 9.97. The van der Waals surface area contributed by atoms with Gasteiger partial charge in [0.25, 0.3) is 0 Å². The summed E-state index contributed by atoms with van der Waals surface area (Å²) in [7, 11) is 2.06. The van der Waals surface area contributed by atoms with Crippen LogP contribution in [0.4, 0.5) is 5.69 Å². The number of carbonyl (C=O) groups is 2. The molecule has 0 bridgehead atoms. The fourth-order valence-electron chi connectivity index (χ4n) is 3.07. The Morgan fingerprint density at radius 1 is 0.913 bits per heavy atom. The van der Waals surface area contributed by atoms with E-state index in [2.05, 4.69) is 16.8 Å². The van der Waals surface area contributed by atoms with Gasteiger partial charge in [-0.3, -0.25) is 0 Å². The van der Waals surface area contributed by atoms with Crippen LogP contribution in [0.3, 0.4) is 0 Å². The summed E-state index contributed by atoms with van der Waals surface area (Å²) in [5, 5.41) is 19.8. The van der Waals surface area contributed by atoms with Crippen molar-refractivity contribution in [1.29, 1.82) is 0 Å². The molecule has 1 aliphatic rings. The Morgan fingerprint density at radius 2 is 1.52 bits per heavy atom. The number of anilines is 1. The largest absolute Gasteiger partial charge is 0.478 e. The van der Waals surface area contributed by atoms with Crippen LogP contribution in [-0.2, 0) is 0 Å². The molecule has 1 aliphatic heterocycles. The SMILES string of the molecule is CN1CCN(c2ccc(C(=O)O)c3c(C(=O)O)cccc23)CC1. The quantitative estimate of drug-likeness (QED) is 0.902. The third-order valence-corrected chi connectivity index (χ3v) is 4.32. The second kappa shape index (κ2) is 5.89. The van der Waals surface area contributed by atoms with Crippen LogP contribution in [0.1, 0.15) is 20.7 Å². The molecule has 0 saturated carbocycles. The number of piperazine rings is 1. The normalized spacial score (nSPS) is 15.8. The van der Waals surface area contributed by atoms with Crippen LogP contribution in [0, 0.1) is 0 Å². The van der Waals surface area contributed by atoms with E-state index in [1.54, 1.807) is 18.2 Å². The molecule has 0 radical (unpaired) electrons. The van der Waals surface area contributed by atoms with E-state index in [-0.39, 0.29) is 11.1 Å². The predicted molar refractivity (Wildman–Crippen MR) is 87.6 cm³/mol. The van der Waals surface area contributed by atoms with E-state index in [9.17, 15) is 19.8 Å². The van der Waals surface area contributed by atoms with E-state index in [1.165, 1.54) is 12.1 Å². The van der Waals surface area contributed by atoms with Crippen molar-refractivity contribution >= 4 is 28.4 Å². The molecule has 6 heteroatoms. The molecule has 2 aromatic carbocycles. The van der Waals surface area contributed by atoms with Gasteiger partial charge >= 0.3 is 11.9 Å². The van der Waals surface area contributed by atoms with Gasteiger partial charge in [-0.2, -0.15) is 0 Å². The fourth-order valence-corrected chi connectivity index (χ4v) is 3.07. The van der Waals surface area contributed by atoms with Gasteiger partial charge in [0.1, 0.15) is 0 Å². The number of nitrogens with zero attached hydrogens (tertiary/aromatic N) is 2. The van der Waals surface area contributed by atoms with Gasteiger partial charge in [-0.05, 0) is 25.2 Å². The monoisotopic (exact) mass is 314 g/mol. The van der Waals surface area contributed by atoms with Crippen molar-refractivity contribution in [3.63, 3.8) is 0 Å². The summed E-state index contributed by atoms with van der Waals surface area (Å²) in [6.45, 7) is 3.49. The lowest BCUT2D eigenvalue weighted by Crippen LogP contribution is -2.44. The van der Waals surface area contributed by atoms with Gasteiger partial charge in [0, 0.05) is 42.6 Å². The first-order chi connectivity index (χ1) is 11.0. The van der Waals surface area contributed by atoms with Crippen LogP contribution in [-0.4, -0.2) is 60.3 Å². The Morgan fingerprint density at radius 3 is 2.13 bits per heavy atom. The Labute approximate surface area is 133 Å². The highest BCUT2D eigenvalue weighted by molar-refractivity contribution is 6.15. The molecular formula is C17H18N2O4. The molecule has 6 nitrogen and oxygen atoms in total.